The fourth-order valence-electron chi connectivity index (χ4n) is 3.23. The zero-order valence-electron chi connectivity index (χ0n) is 15.7. The minimum Gasteiger partial charge on any atom is -0.493 e. The van der Waals surface area contributed by atoms with Crippen LogP contribution in [0.15, 0.2) is 42.5 Å². The Morgan fingerprint density at radius 3 is 2.74 bits per heavy atom. The third-order valence-electron chi connectivity index (χ3n) is 4.74. The maximum atomic E-state index is 12.1. The number of anilines is 1. The number of nitrogens with one attached hydrogen (secondary N) is 1. The van der Waals surface area contributed by atoms with Gasteiger partial charge in [-0.25, -0.2) is 0 Å². The fourth-order valence-corrected chi connectivity index (χ4v) is 3.36. The Balaban J connectivity index is 1.43. The summed E-state index contributed by atoms with van der Waals surface area (Å²) in [5.74, 6) is 1.52. The topological polar surface area (TPSA) is 50.8 Å². The van der Waals surface area contributed by atoms with Gasteiger partial charge in [0.25, 0.3) is 5.91 Å². The Kier molecular flexibility index (Phi) is 6.45. The summed E-state index contributed by atoms with van der Waals surface area (Å²) in [5.41, 5.74) is 2.25. The van der Waals surface area contributed by atoms with Crippen LogP contribution in [0.5, 0.6) is 11.5 Å². The number of hydrogen-bond acceptors (Lipinski definition) is 4. The number of rotatable bonds is 7. The molecule has 5 nitrogen and oxygen atoms in total. The minimum absolute atomic E-state index is 0.0208. The van der Waals surface area contributed by atoms with Gasteiger partial charge in [-0.3, -0.25) is 4.79 Å². The molecule has 2 aromatic rings. The molecule has 1 saturated heterocycles. The number of nitrogens with zero attached hydrogens (tertiary/aromatic N) is 1. The average Bonchev–Trinajstić information content (AvgIpc) is 3.15. The lowest BCUT2D eigenvalue weighted by Gasteiger charge is -2.19. The van der Waals surface area contributed by atoms with Gasteiger partial charge in [-0.15, -0.1) is 0 Å². The molecule has 1 aliphatic heterocycles. The van der Waals surface area contributed by atoms with Crippen molar-refractivity contribution in [2.75, 3.05) is 38.3 Å². The number of methoxy groups -OCH3 is 1. The molecule has 2 aromatic carbocycles. The van der Waals surface area contributed by atoms with Gasteiger partial charge in [-0.05, 0) is 61.2 Å². The van der Waals surface area contributed by atoms with Crippen LogP contribution < -0.4 is 19.7 Å². The van der Waals surface area contributed by atoms with Crippen molar-refractivity contribution in [2.45, 2.75) is 13.3 Å². The van der Waals surface area contributed by atoms with Crippen molar-refractivity contribution < 1.29 is 14.3 Å². The van der Waals surface area contributed by atoms with Gasteiger partial charge >= 0.3 is 0 Å². The Morgan fingerprint density at radius 1 is 1.22 bits per heavy atom. The molecule has 0 bridgehead atoms. The minimum atomic E-state index is -0.123. The summed E-state index contributed by atoms with van der Waals surface area (Å²) in [6, 6.07) is 13.5. The van der Waals surface area contributed by atoms with E-state index in [-0.39, 0.29) is 12.5 Å². The molecule has 0 saturated carbocycles. The lowest BCUT2D eigenvalue weighted by atomic mass is 10.1. The Labute approximate surface area is 165 Å². The summed E-state index contributed by atoms with van der Waals surface area (Å²) < 4.78 is 10.9. The molecule has 0 aliphatic carbocycles. The maximum Gasteiger partial charge on any atom is 0.257 e. The van der Waals surface area contributed by atoms with Crippen molar-refractivity contribution in [1.29, 1.82) is 0 Å². The number of carbonyl (C=O) groups is 1. The highest BCUT2D eigenvalue weighted by atomic mass is 35.5. The first-order chi connectivity index (χ1) is 13.0. The average molecular weight is 389 g/mol. The maximum absolute atomic E-state index is 12.1. The van der Waals surface area contributed by atoms with Gasteiger partial charge in [-0.2, -0.15) is 0 Å². The molecule has 1 aliphatic rings. The third kappa shape index (κ3) is 5.30. The van der Waals surface area contributed by atoms with Crippen LogP contribution >= 0.6 is 11.6 Å². The monoisotopic (exact) mass is 388 g/mol. The van der Waals surface area contributed by atoms with Crippen LogP contribution in [0.1, 0.15) is 12.0 Å². The van der Waals surface area contributed by atoms with Crippen LogP contribution in [0, 0.1) is 12.8 Å². The first-order valence-corrected chi connectivity index (χ1v) is 9.47. The molecule has 0 spiro atoms. The van der Waals surface area contributed by atoms with E-state index in [9.17, 15) is 4.79 Å². The number of ether oxygens (including phenoxy) is 2. The standard InChI is InChI=1S/C21H25ClN2O3/c1-15-3-8-19(20(11-15)26-2)27-14-21(25)23-12-16-9-10-24(13-16)18-6-4-17(22)5-7-18/h3-8,11,16H,9-10,12-14H2,1-2H3,(H,23,25). The van der Waals surface area contributed by atoms with Crippen LogP contribution in [0.25, 0.3) is 0 Å². The fraction of sp³-hybridized carbons (Fsp3) is 0.381. The molecule has 1 fully saturated rings. The van der Waals surface area contributed by atoms with E-state index in [1.54, 1.807) is 7.11 Å². The second-order valence-electron chi connectivity index (χ2n) is 6.82. The highest BCUT2D eigenvalue weighted by Crippen LogP contribution is 2.28. The largest absolute Gasteiger partial charge is 0.493 e. The molecule has 6 heteroatoms. The summed E-state index contributed by atoms with van der Waals surface area (Å²) in [4.78, 5) is 14.4. The quantitative estimate of drug-likeness (QED) is 0.786. The SMILES string of the molecule is COc1cc(C)ccc1OCC(=O)NCC1CCN(c2ccc(Cl)cc2)C1. The molecule has 1 N–H and O–H groups in total. The second kappa shape index (κ2) is 9.00. The zero-order chi connectivity index (χ0) is 19.2. The van der Waals surface area contributed by atoms with Gasteiger partial charge in [0, 0.05) is 30.3 Å². The lowest BCUT2D eigenvalue weighted by molar-refractivity contribution is -0.123. The molecule has 0 radical (unpaired) electrons. The number of benzene rings is 2. The van der Waals surface area contributed by atoms with Crippen molar-refractivity contribution in [3.63, 3.8) is 0 Å². The van der Waals surface area contributed by atoms with Crippen molar-refractivity contribution in [3.8, 4) is 11.5 Å². The summed E-state index contributed by atoms with van der Waals surface area (Å²) in [6.07, 6.45) is 1.05. The van der Waals surface area contributed by atoms with E-state index in [0.29, 0.717) is 24.0 Å². The second-order valence-corrected chi connectivity index (χ2v) is 7.26. The smallest absolute Gasteiger partial charge is 0.257 e. The Hall–Kier alpha value is -2.40. The van der Waals surface area contributed by atoms with E-state index in [1.165, 1.54) is 5.69 Å². The van der Waals surface area contributed by atoms with E-state index < -0.39 is 0 Å². The van der Waals surface area contributed by atoms with E-state index in [1.807, 2.05) is 49.4 Å². The van der Waals surface area contributed by atoms with Gasteiger partial charge in [0.1, 0.15) is 0 Å². The number of hydrogen-bond donors (Lipinski definition) is 1. The molecule has 0 aromatic heterocycles. The molecule has 1 heterocycles. The van der Waals surface area contributed by atoms with Gasteiger partial charge in [0.15, 0.2) is 18.1 Å². The highest BCUT2D eigenvalue weighted by molar-refractivity contribution is 6.30. The van der Waals surface area contributed by atoms with Gasteiger partial charge in [-0.1, -0.05) is 17.7 Å². The van der Waals surface area contributed by atoms with Crippen molar-refractivity contribution in [2.24, 2.45) is 5.92 Å². The van der Waals surface area contributed by atoms with Crippen LogP contribution in [0.3, 0.4) is 0 Å². The number of carbonyl (C=O) groups excluding carboxylic acids is 1. The van der Waals surface area contributed by atoms with Crippen LogP contribution in [-0.2, 0) is 4.79 Å². The van der Waals surface area contributed by atoms with Crippen molar-refractivity contribution in [1.82, 2.24) is 5.32 Å². The molecule has 1 atom stereocenters. The molecule has 27 heavy (non-hydrogen) atoms. The first-order valence-electron chi connectivity index (χ1n) is 9.10. The number of halogens is 1. The van der Waals surface area contributed by atoms with E-state index in [4.69, 9.17) is 21.1 Å². The third-order valence-corrected chi connectivity index (χ3v) is 5.00. The van der Waals surface area contributed by atoms with Crippen molar-refractivity contribution in [3.05, 3.63) is 53.1 Å². The number of amides is 1. The predicted molar refractivity (Wildman–Crippen MR) is 108 cm³/mol. The van der Waals surface area contributed by atoms with E-state index in [0.717, 1.165) is 30.1 Å². The highest BCUT2D eigenvalue weighted by Gasteiger charge is 2.23. The van der Waals surface area contributed by atoms with Crippen LogP contribution in [0.2, 0.25) is 5.02 Å². The summed E-state index contributed by atoms with van der Waals surface area (Å²) in [6.45, 7) is 4.52. The molecule has 3 rings (SSSR count). The van der Waals surface area contributed by atoms with Crippen molar-refractivity contribution >= 4 is 23.2 Å². The first kappa shape index (κ1) is 19.4. The van der Waals surface area contributed by atoms with Gasteiger partial charge in [0.05, 0.1) is 7.11 Å². The zero-order valence-corrected chi connectivity index (χ0v) is 16.5. The predicted octanol–water partition coefficient (Wildman–Crippen LogP) is 3.68. The Morgan fingerprint density at radius 2 is 2.00 bits per heavy atom. The summed E-state index contributed by atoms with van der Waals surface area (Å²) in [7, 11) is 1.59. The van der Waals surface area contributed by atoms with E-state index >= 15 is 0 Å². The number of aryl methyl sites for hydroxylation is 1. The summed E-state index contributed by atoms with van der Waals surface area (Å²) in [5, 5.41) is 3.71. The Bertz CT molecular complexity index is 779. The summed E-state index contributed by atoms with van der Waals surface area (Å²) >= 11 is 5.95. The molecular formula is C21H25ClN2O3. The molecule has 1 unspecified atom stereocenters. The van der Waals surface area contributed by atoms with Crippen LogP contribution in [0.4, 0.5) is 5.69 Å². The van der Waals surface area contributed by atoms with Gasteiger partial charge in [0.2, 0.25) is 0 Å². The lowest BCUT2D eigenvalue weighted by Crippen LogP contribution is -2.34. The van der Waals surface area contributed by atoms with E-state index in [2.05, 4.69) is 10.2 Å². The molecule has 144 valence electrons. The molecular weight excluding hydrogens is 364 g/mol. The normalized spacial score (nSPS) is 16.3. The molecule has 1 amide bonds. The van der Waals surface area contributed by atoms with Gasteiger partial charge < -0.3 is 19.7 Å². The van der Waals surface area contributed by atoms with Crippen LogP contribution in [-0.4, -0.2) is 39.3 Å².